The molecule has 3 rings (SSSR count). The summed E-state index contributed by atoms with van der Waals surface area (Å²) in [5.74, 6) is 2.67. The number of hydrogen-bond acceptors (Lipinski definition) is 4. The van der Waals surface area contributed by atoms with Crippen LogP contribution in [0.3, 0.4) is 0 Å². The Hall–Kier alpha value is -0.900. The van der Waals surface area contributed by atoms with Crippen LogP contribution in [0.5, 0.6) is 0 Å². The lowest BCUT2D eigenvalue weighted by Gasteiger charge is -2.22. The van der Waals surface area contributed by atoms with Gasteiger partial charge in [-0.25, -0.2) is 0 Å². The first-order chi connectivity index (χ1) is 6.92. The third kappa shape index (κ3) is 1.43. The fraction of sp³-hybridized carbons (Fsp3) is 0.800. The smallest absolute Gasteiger partial charge is 0.213 e. The molecule has 2 aliphatic rings. The fourth-order valence-corrected chi connectivity index (χ4v) is 2.99. The summed E-state index contributed by atoms with van der Waals surface area (Å²) >= 11 is 0. The minimum atomic E-state index is 0.701. The van der Waals surface area contributed by atoms with Crippen LogP contribution in [0.2, 0.25) is 0 Å². The molecule has 4 nitrogen and oxygen atoms in total. The summed E-state index contributed by atoms with van der Waals surface area (Å²) in [6.07, 6.45) is 7.03. The Labute approximate surface area is 83.1 Å². The second-order valence-electron chi connectivity index (χ2n) is 4.51. The van der Waals surface area contributed by atoms with Gasteiger partial charge in [-0.15, -0.1) is 0 Å². The third-order valence-electron chi connectivity index (χ3n) is 3.67. The molecule has 4 heteroatoms. The summed E-state index contributed by atoms with van der Waals surface area (Å²) in [6.45, 7) is 0.754. The number of nitrogens with one attached hydrogen (secondary N) is 1. The molecule has 1 heterocycles. The van der Waals surface area contributed by atoms with Crippen molar-refractivity contribution in [1.82, 2.24) is 15.5 Å². The maximum atomic E-state index is 4.69. The van der Waals surface area contributed by atoms with Crippen molar-refractivity contribution in [3.8, 4) is 0 Å². The first-order valence-corrected chi connectivity index (χ1v) is 5.40. The molecule has 0 saturated heterocycles. The van der Waals surface area contributed by atoms with Crippen LogP contribution in [0, 0.1) is 11.8 Å². The van der Waals surface area contributed by atoms with Crippen LogP contribution < -0.4 is 5.32 Å². The largest absolute Gasteiger partial charge is 0.343 e. The number of rotatable bonds is 3. The highest BCUT2D eigenvalue weighted by Crippen LogP contribution is 2.44. The summed E-state index contributed by atoms with van der Waals surface area (Å²) in [7, 11) is 0. The Morgan fingerprint density at radius 2 is 2.43 bits per heavy atom. The van der Waals surface area contributed by atoms with Gasteiger partial charge in [-0.1, -0.05) is 11.6 Å². The molecule has 0 aliphatic heterocycles. The fourth-order valence-electron chi connectivity index (χ4n) is 2.99. The van der Waals surface area contributed by atoms with Crippen LogP contribution in [0.15, 0.2) is 10.9 Å². The molecule has 0 spiro atoms. The molecule has 2 aliphatic carbocycles. The molecule has 0 aromatic carbocycles. The quantitative estimate of drug-likeness (QED) is 0.787. The standard InChI is InChI=1S/C10H15N3O/c1-2-8-3-7(1)4-9(8)11-5-10-12-6-14-13-10/h6-9,11H,1-5H2. The average molecular weight is 193 g/mol. The highest BCUT2D eigenvalue weighted by molar-refractivity contribution is 4.94. The average Bonchev–Trinajstić information content (AvgIpc) is 2.91. The maximum absolute atomic E-state index is 4.69. The molecule has 76 valence electrons. The second-order valence-corrected chi connectivity index (χ2v) is 4.51. The van der Waals surface area contributed by atoms with Crippen molar-refractivity contribution < 1.29 is 4.52 Å². The van der Waals surface area contributed by atoms with Gasteiger partial charge in [0.05, 0.1) is 6.54 Å². The van der Waals surface area contributed by atoms with Crippen molar-refractivity contribution in [2.24, 2.45) is 11.8 Å². The van der Waals surface area contributed by atoms with Crippen LogP contribution in [0.4, 0.5) is 0 Å². The van der Waals surface area contributed by atoms with Gasteiger partial charge in [-0.2, -0.15) is 4.98 Å². The number of hydrogen-bond donors (Lipinski definition) is 1. The first-order valence-electron chi connectivity index (χ1n) is 5.40. The predicted molar refractivity (Wildman–Crippen MR) is 50.4 cm³/mol. The van der Waals surface area contributed by atoms with Crippen LogP contribution >= 0.6 is 0 Å². The van der Waals surface area contributed by atoms with Gasteiger partial charge < -0.3 is 9.84 Å². The summed E-state index contributed by atoms with van der Waals surface area (Å²) in [5, 5.41) is 7.32. The molecule has 0 amide bonds. The van der Waals surface area contributed by atoms with E-state index < -0.39 is 0 Å². The van der Waals surface area contributed by atoms with Gasteiger partial charge in [-0.05, 0) is 31.1 Å². The summed E-state index contributed by atoms with van der Waals surface area (Å²) in [5.41, 5.74) is 0. The lowest BCUT2D eigenvalue weighted by atomic mass is 9.95. The minimum Gasteiger partial charge on any atom is -0.343 e. The van der Waals surface area contributed by atoms with E-state index in [4.69, 9.17) is 4.52 Å². The van der Waals surface area contributed by atoms with Gasteiger partial charge in [0.15, 0.2) is 5.82 Å². The second kappa shape index (κ2) is 3.35. The Balaban J connectivity index is 1.54. The van der Waals surface area contributed by atoms with Crippen molar-refractivity contribution in [3.63, 3.8) is 0 Å². The van der Waals surface area contributed by atoms with E-state index in [1.807, 2.05) is 0 Å². The Morgan fingerprint density at radius 3 is 3.07 bits per heavy atom. The van der Waals surface area contributed by atoms with E-state index in [0.29, 0.717) is 6.04 Å². The highest BCUT2D eigenvalue weighted by atomic mass is 16.5. The van der Waals surface area contributed by atoms with Crippen molar-refractivity contribution in [3.05, 3.63) is 12.2 Å². The van der Waals surface area contributed by atoms with Gasteiger partial charge in [0.1, 0.15) is 0 Å². The van der Waals surface area contributed by atoms with Crippen LogP contribution in [-0.2, 0) is 6.54 Å². The van der Waals surface area contributed by atoms with Crippen molar-refractivity contribution >= 4 is 0 Å². The molecule has 2 fully saturated rings. The van der Waals surface area contributed by atoms with Gasteiger partial charge in [0.25, 0.3) is 0 Å². The molecule has 0 radical (unpaired) electrons. The molecule has 1 N–H and O–H groups in total. The van der Waals surface area contributed by atoms with E-state index in [1.165, 1.54) is 32.1 Å². The SMILES string of the molecule is c1nc(CNC2CC3CCC2C3)no1. The normalized spacial score (nSPS) is 35.3. The molecule has 1 aromatic rings. The topological polar surface area (TPSA) is 51.0 Å². The van der Waals surface area contributed by atoms with Crippen LogP contribution in [0.25, 0.3) is 0 Å². The zero-order chi connectivity index (χ0) is 9.38. The lowest BCUT2D eigenvalue weighted by Crippen LogP contribution is -2.33. The predicted octanol–water partition coefficient (Wildman–Crippen LogP) is 1.35. The number of fused-ring (bicyclic) bond motifs is 2. The molecule has 2 bridgehead atoms. The van der Waals surface area contributed by atoms with Gasteiger partial charge >= 0.3 is 0 Å². The van der Waals surface area contributed by atoms with Gasteiger partial charge in [0, 0.05) is 6.04 Å². The first kappa shape index (κ1) is 8.41. The number of aromatic nitrogens is 2. The lowest BCUT2D eigenvalue weighted by molar-refractivity contribution is 0.343. The molecule has 3 atom stereocenters. The van der Waals surface area contributed by atoms with Crippen molar-refractivity contribution in [2.45, 2.75) is 38.3 Å². The Bertz CT molecular complexity index is 298. The van der Waals surface area contributed by atoms with Crippen LogP contribution in [-0.4, -0.2) is 16.2 Å². The molecule has 3 unspecified atom stereocenters. The summed E-state index contributed by atoms with van der Waals surface area (Å²) < 4.78 is 4.69. The highest BCUT2D eigenvalue weighted by Gasteiger charge is 2.39. The van der Waals surface area contributed by atoms with Crippen molar-refractivity contribution in [1.29, 1.82) is 0 Å². The van der Waals surface area contributed by atoms with Crippen molar-refractivity contribution in [2.75, 3.05) is 0 Å². The van der Waals surface area contributed by atoms with E-state index in [1.54, 1.807) is 0 Å². The molecule has 1 aromatic heterocycles. The zero-order valence-corrected chi connectivity index (χ0v) is 8.15. The maximum Gasteiger partial charge on any atom is 0.213 e. The van der Waals surface area contributed by atoms with Gasteiger partial charge in [-0.3, -0.25) is 0 Å². The molecule has 2 saturated carbocycles. The minimum absolute atomic E-state index is 0.701. The molecular weight excluding hydrogens is 178 g/mol. The summed E-state index contributed by atoms with van der Waals surface area (Å²) in [6, 6.07) is 0.701. The van der Waals surface area contributed by atoms with E-state index in [9.17, 15) is 0 Å². The Morgan fingerprint density at radius 1 is 1.43 bits per heavy atom. The van der Waals surface area contributed by atoms with E-state index >= 15 is 0 Å². The van der Waals surface area contributed by atoms with E-state index in [2.05, 4.69) is 15.5 Å². The Kier molecular flexibility index (Phi) is 2.01. The van der Waals surface area contributed by atoms with E-state index in [-0.39, 0.29) is 0 Å². The molecular formula is C10H15N3O. The summed E-state index contributed by atoms with van der Waals surface area (Å²) in [4.78, 5) is 4.00. The van der Waals surface area contributed by atoms with Gasteiger partial charge in [0.2, 0.25) is 6.39 Å². The number of nitrogens with zero attached hydrogens (tertiary/aromatic N) is 2. The molecule has 14 heavy (non-hydrogen) atoms. The van der Waals surface area contributed by atoms with Crippen LogP contribution in [0.1, 0.15) is 31.5 Å². The third-order valence-corrected chi connectivity index (χ3v) is 3.67. The zero-order valence-electron chi connectivity index (χ0n) is 8.15. The monoisotopic (exact) mass is 193 g/mol. The van der Waals surface area contributed by atoms with E-state index in [0.717, 1.165) is 24.2 Å².